The molecule has 3 atom stereocenters. The summed E-state index contributed by atoms with van der Waals surface area (Å²) in [4.78, 5) is 11.4. The highest BCUT2D eigenvalue weighted by Crippen LogP contribution is 2.44. The zero-order valence-electron chi connectivity index (χ0n) is 13.0. The highest BCUT2D eigenvalue weighted by molar-refractivity contribution is 9.09. The Morgan fingerprint density at radius 1 is 1.29 bits per heavy atom. The molecule has 0 spiro atoms. The van der Waals surface area contributed by atoms with Crippen molar-refractivity contribution in [2.45, 2.75) is 51.3 Å². The Balaban J connectivity index is 2.16. The van der Waals surface area contributed by atoms with Gasteiger partial charge in [0.05, 0.1) is 4.92 Å². The second kappa shape index (κ2) is 6.47. The molecule has 4 heteroatoms. The van der Waals surface area contributed by atoms with Crippen LogP contribution in [-0.4, -0.2) is 9.75 Å². The second-order valence-electron chi connectivity index (χ2n) is 7.24. The van der Waals surface area contributed by atoms with E-state index in [1.165, 1.54) is 6.42 Å². The predicted octanol–water partition coefficient (Wildman–Crippen LogP) is 5.36. The molecule has 0 radical (unpaired) electrons. The molecule has 0 heterocycles. The Labute approximate surface area is 135 Å². The summed E-state index contributed by atoms with van der Waals surface area (Å²) >= 11 is 3.80. The van der Waals surface area contributed by atoms with Gasteiger partial charge < -0.3 is 0 Å². The number of hydrogen-bond donors (Lipinski definition) is 0. The lowest BCUT2D eigenvalue weighted by atomic mass is 9.68. The van der Waals surface area contributed by atoms with Crippen LogP contribution in [0.25, 0.3) is 0 Å². The van der Waals surface area contributed by atoms with Gasteiger partial charge in [0.15, 0.2) is 0 Å². The molecule has 0 aromatic heterocycles. The van der Waals surface area contributed by atoms with Crippen LogP contribution in [0.3, 0.4) is 0 Å². The van der Waals surface area contributed by atoms with Gasteiger partial charge in [-0.1, -0.05) is 54.9 Å². The number of alkyl halides is 1. The average Bonchev–Trinajstić information content (AvgIpc) is 2.40. The van der Waals surface area contributed by atoms with Gasteiger partial charge in [0.2, 0.25) is 0 Å². The molecule has 3 unspecified atom stereocenters. The Morgan fingerprint density at radius 2 is 1.95 bits per heavy atom. The SMILES string of the molecule is CC(C)(C)C1CCC(Br)C(Cc2ccccc2[N+](=O)[O-])C1. The number of rotatable bonds is 3. The lowest BCUT2D eigenvalue weighted by Gasteiger charge is -2.40. The molecular weight excluding hydrogens is 330 g/mol. The molecule has 3 nitrogen and oxygen atoms in total. The summed E-state index contributed by atoms with van der Waals surface area (Å²) in [5, 5.41) is 11.2. The molecule has 0 aliphatic heterocycles. The maximum atomic E-state index is 11.2. The van der Waals surface area contributed by atoms with Crippen molar-refractivity contribution in [3.05, 3.63) is 39.9 Å². The van der Waals surface area contributed by atoms with Gasteiger partial charge in [-0.15, -0.1) is 0 Å². The summed E-state index contributed by atoms with van der Waals surface area (Å²) in [6.07, 6.45) is 4.34. The normalized spacial score (nSPS) is 26.6. The number of para-hydroxylation sites is 1. The lowest BCUT2D eigenvalue weighted by molar-refractivity contribution is -0.385. The Hall–Kier alpha value is -0.900. The summed E-state index contributed by atoms with van der Waals surface area (Å²) in [6.45, 7) is 6.90. The van der Waals surface area contributed by atoms with Crippen LogP contribution in [0.1, 0.15) is 45.6 Å². The number of halogens is 1. The maximum Gasteiger partial charge on any atom is 0.272 e. The molecule has 1 fully saturated rings. The van der Waals surface area contributed by atoms with Crippen LogP contribution < -0.4 is 0 Å². The molecule has 1 aromatic rings. The zero-order valence-corrected chi connectivity index (χ0v) is 14.6. The van der Waals surface area contributed by atoms with E-state index in [0.717, 1.165) is 24.8 Å². The lowest BCUT2D eigenvalue weighted by Crippen LogP contribution is -2.33. The number of hydrogen-bond acceptors (Lipinski definition) is 2. The summed E-state index contributed by atoms with van der Waals surface area (Å²) in [5.74, 6) is 1.17. The minimum Gasteiger partial charge on any atom is -0.258 e. The average molecular weight is 354 g/mol. The molecule has 0 saturated heterocycles. The first kappa shape index (κ1) is 16.5. The van der Waals surface area contributed by atoms with Crippen LogP contribution in [0.5, 0.6) is 0 Å². The first-order valence-electron chi connectivity index (χ1n) is 7.65. The number of nitro groups is 1. The molecule has 0 amide bonds. The van der Waals surface area contributed by atoms with Gasteiger partial charge in [-0.3, -0.25) is 10.1 Å². The van der Waals surface area contributed by atoms with Crippen molar-refractivity contribution in [3.63, 3.8) is 0 Å². The van der Waals surface area contributed by atoms with Crippen molar-refractivity contribution < 1.29 is 4.92 Å². The number of nitro benzene ring substituents is 1. The van der Waals surface area contributed by atoms with Crippen LogP contribution in [0, 0.1) is 27.4 Å². The highest BCUT2D eigenvalue weighted by Gasteiger charge is 2.35. The molecule has 0 bridgehead atoms. The summed E-state index contributed by atoms with van der Waals surface area (Å²) in [6, 6.07) is 7.16. The van der Waals surface area contributed by atoms with Crippen molar-refractivity contribution in [1.82, 2.24) is 0 Å². The third-order valence-corrected chi connectivity index (χ3v) is 5.99. The van der Waals surface area contributed by atoms with E-state index in [4.69, 9.17) is 0 Å². The maximum absolute atomic E-state index is 11.2. The Morgan fingerprint density at radius 3 is 2.57 bits per heavy atom. The van der Waals surface area contributed by atoms with E-state index in [1.807, 2.05) is 12.1 Å². The summed E-state index contributed by atoms with van der Waals surface area (Å²) in [5.41, 5.74) is 1.44. The molecule has 1 saturated carbocycles. The van der Waals surface area contributed by atoms with Crippen molar-refractivity contribution >= 4 is 21.6 Å². The van der Waals surface area contributed by atoms with E-state index in [9.17, 15) is 10.1 Å². The van der Waals surface area contributed by atoms with Crippen LogP contribution in [0.2, 0.25) is 0 Å². The van der Waals surface area contributed by atoms with Crippen LogP contribution in [0.15, 0.2) is 24.3 Å². The van der Waals surface area contributed by atoms with E-state index < -0.39 is 0 Å². The van der Waals surface area contributed by atoms with E-state index in [-0.39, 0.29) is 10.6 Å². The molecule has 1 aliphatic carbocycles. The molecular formula is C17H24BrNO2. The largest absolute Gasteiger partial charge is 0.272 e. The molecule has 1 aromatic carbocycles. The monoisotopic (exact) mass is 353 g/mol. The van der Waals surface area contributed by atoms with Gasteiger partial charge in [-0.05, 0) is 42.9 Å². The smallest absolute Gasteiger partial charge is 0.258 e. The van der Waals surface area contributed by atoms with E-state index in [1.54, 1.807) is 12.1 Å². The predicted molar refractivity (Wildman–Crippen MR) is 89.8 cm³/mol. The first-order valence-corrected chi connectivity index (χ1v) is 8.57. The van der Waals surface area contributed by atoms with Gasteiger partial charge in [0.1, 0.15) is 0 Å². The molecule has 1 aliphatic rings. The van der Waals surface area contributed by atoms with E-state index in [2.05, 4.69) is 36.7 Å². The van der Waals surface area contributed by atoms with E-state index in [0.29, 0.717) is 22.1 Å². The summed E-state index contributed by atoms with van der Waals surface area (Å²) < 4.78 is 0. The minimum atomic E-state index is -0.261. The number of nitrogens with zero attached hydrogens (tertiary/aromatic N) is 1. The van der Waals surface area contributed by atoms with Crippen molar-refractivity contribution in [2.24, 2.45) is 17.3 Å². The standard InChI is InChI=1S/C17H24BrNO2/c1-17(2,3)14-8-9-15(18)13(11-14)10-12-6-4-5-7-16(12)19(20)21/h4-7,13-15H,8-11H2,1-3H3. The third kappa shape index (κ3) is 4.06. The molecule has 0 N–H and O–H groups in total. The fourth-order valence-corrected chi connectivity index (χ4v) is 4.04. The van der Waals surface area contributed by atoms with Crippen molar-refractivity contribution in [2.75, 3.05) is 0 Å². The highest BCUT2D eigenvalue weighted by atomic mass is 79.9. The fraction of sp³-hybridized carbons (Fsp3) is 0.647. The molecule has 116 valence electrons. The van der Waals surface area contributed by atoms with Gasteiger partial charge in [-0.25, -0.2) is 0 Å². The molecule has 21 heavy (non-hydrogen) atoms. The van der Waals surface area contributed by atoms with Gasteiger partial charge in [0, 0.05) is 16.5 Å². The Kier molecular flexibility index (Phi) is 5.07. The van der Waals surface area contributed by atoms with Crippen molar-refractivity contribution in [1.29, 1.82) is 0 Å². The Bertz CT molecular complexity index is 510. The van der Waals surface area contributed by atoms with Gasteiger partial charge in [-0.2, -0.15) is 0 Å². The zero-order chi connectivity index (χ0) is 15.6. The third-order valence-electron chi connectivity index (χ3n) is 4.78. The number of benzene rings is 1. The first-order chi connectivity index (χ1) is 9.79. The quantitative estimate of drug-likeness (QED) is 0.416. The second-order valence-corrected chi connectivity index (χ2v) is 8.42. The van der Waals surface area contributed by atoms with Gasteiger partial charge in [0.25, 0.3) is 5.69 Å². The van der Waals surface area contributed by atoms with Crippen LogP contribution in [0.4, 0.5) is 5.69 Å². The van der Waals surface area contributed by atoms with Crippen LogP contribution in [-0.2, 0) is 6.42 Å². The van der Waals surface area contributed by atoms with Gasteiger partial charge >= 0.3 is 0 Å². The summed E-state index contributed by atoms with van der Waals surface area (Å²) in [7, 11) is 0. The molecule has 2 rings (SSSR count). The van der Waals surface area contributed by atoms with Crippen molar-refractivity contribution in [3.8, 4) is 0 Å². The minimum absolute atomic E-state index is 0.259. The van der Waals surface area contributed by atoms with Crippen LogP contribution >= 0.6 is 15.9 Å². The van der Waals surface area contributed by atoms with E-state index >= 15 is 0 Å². The topological polar surface area (TPSA) is 43.1 Å². The fourth-order valence-electron chi connectivity index (χ4n) is 3.37.